The summed E-state index contributed by atoms with van der Waals surface area (Å²) in [6.07, 6.45) is 13.3. The van der Waals surface area contributed by atoms with E-state index in [0.29, 0.717) is 11.6 Å². The molecule has 1 saturated heterocycles. The van der Waals surface area contributed by atoms with Crippen LogP contribution < -0.4 is 5.32 Å². The second-order valence-electron chi connectivity index (χ2n) is 11.9. The first kappa shape index (κ1) is 27.5. The first-order valence-electron chi connectivity index (χ1n) is 14.4. The number of benzene rings is 1. The maximum atomic E-state index is 9.40. The SMILES string of the molecule is B=C(c1c(C(C)(C)C)[nH]c2cc(C#N)ccc12)C1C=C(CC)C(N2CCC(NCCCCC)CC2)=CC1. The molecule has 1 unspecified atom stereocenters. The fraction of sp³-hybridized carbons (Fsp3) is 0.562. The van der Waals surface area contributed by atoms with Crippen molar-refractivity contribution >= 4 is 23.9 Å². The molecule has 2 N–H and O–H groups in total. The van der Waals surface area contributed by atoms with Gasteiger partial charge in [0.15, 0.2) is 0 Å². The number of nitrogens with one attached hydrogen (secondary N) is 2. The Balaban J connectivity index is 1.51. The molecular formula is C32H45BN4. The van der Waals surface area contributed by atoms with Crippen LogP contribution in [-0.2, 0) is 5.41 Å². The third-order valence-electron chi connectivity index (χ3n) is 8.17. The van der Waals surface area contributed by atoms with E-state index in [4.69, 9.17) is 0 Å². The van der Waals surface area contributed by atoms with Crippen LogP contribution in [0.4, 0.5) is 0 Å². The van der Waals surface area contributed by atoms with Crippen molar-refractivity contribution in [2.45, 2.75) is 91.0 Å². The zero-order valence-corrected chi connectivity index (χ0v) is 23.7. The molecule has 37 heavy (non-hydrogen) atoms. The Hall–Kier alpha value is -2.58. The van der Waals surface area contributed by atoms with Gasteiger partial charge in [-0.1, -0.05) is 19.8 Å². The Bertz CT molecular complexity index is 1210. The van der Waals surface area contributed by atoms with Crippen LogP contribution in [0.2, 0.25) is 0 Å². The number of hydrogen-bond donors (Lipinski definition) is 2. The van der Waals surface area contributed by atoms with Gasteiger partial charge in [-0.2, -0.15) is 0 Å². The standard InChI is InChI=1S/C32H45BN4/c1-6-8-9-16-35-25-14-17-37(18-15-25)28-13-11-24(20-23(28)7-2)30(33)29-26-12-10-22(21-34)19-27(26)36-31(29)32(3,4)5/h10,12-13,19-20,24-25,33,35-36H,6-9,11,14-18H2,1-5H3. The second-order valence-corrected chi connectivity index (χ2v) is 11.9. The van der Waals surface area contributed by atoms with Gasteiger partial charge in [-0.25, -0.2) is 0 Å². The predicted octanol–water partition coefficient (Wildman–Crippen LogP) is 6.24. The Morgan fingerprint density at radius 1 is 1.19 bits per heavy atom. The third kappa shape index (κ3) is 6.12. The fourth-order valence-corrected chi connectivity index (χ4v) is 5.99. The van der Waals surface area contributed by atoms with Crippen LogP contribution in [0.1, 0.15) is 96.4 Å². The van der Waals surface area contributed by atoms with Gasteiger partial charge in [-0.15, -0.1) is 0 Å². The van der Waals surface area contributed by atoms with Crippen LogP contribution in [0.25, 0.3) is 10.9 Å². The van der Waals surface area contributed by atoms with E-state index < -0.39 is 0 Å². The van der Waals surface area contributed by atoms with Gasteiger partial charge < -0.3 is 0 Å². The van der Waals surface area contributed by atoms with Gasteiger partial charge in [0.1, 0.15) is 0 Å². The van der Waals surface area contributed by atoms with Gasteiger partial charge in [0.05, 0.1) is 0 Å². The Kier molecular flexibility index (Phi) is 8.80. The van der Waals surface area contributed by atoms with Crippen LogP contribution >= 0.6 is 0 Å². The normalized spacial score (nSPS) is 19.0. The van der Waals surface area contributed by atoms with E-state index in [9.17, 15) is 5.26 Å². The van der Waals surface area contributed by atoms with E-state index in [1.54, 1.807) is 0 Å². The van der Waals surface area contributed by atoms with Gasteiger partial charge in [0.25, 0.3) is 0 Å². The minimum atomic E-state index is -0.0496. The number of rotatable bonds is 9. The van der Waals surface area contributed by atoms with Crippen LogP contribution in [-0.4, -0.2) is 48.5 Å². The molecule has 1 atom stereocenters. The van der Waals surface area contributed by atoms with Crippen molar-refractivity contribution in [2.24, 2.45) is 5.92 Å². The molecule has 4 rings (SSSR count). The Morgan fingerprint density at radius 2 is 1.95 bits per heavy atom. The van der Waals surface area contributed by atoms with E-state index in [2.05, 4.69) is 81.6 Å². The van der Waals surface area contributed by atoms with E-state index in [0.717, 1.165) is 38.0 Å². The van der Waals surface area contributed by atoms with E-state index >= 15 is 0 Å². The summed E-state index contributed by atoms with van der Waals surface area (Å²) in [5, 5.41) is 14.4. The van der Waals surface area contributed by atoms with E-state index in [1.165, 1.54) is 65.5 Å². The molecule has 1 aromatic heterocycles. The second kappa shape index (κ2) is 11.9. The monoisotopic (exact) mass is 496 g/mol. The Labute approximate surface area is 225 Å². The number of fused-ring (bicyclic) bond motifs is 1. The predicted molar refractivity (Wildman–Crippen MR) is 160 cm³/mol. The van der Waals surface area contributed by atoms with Crippen molar-refractivity contribution in [3.63, 3.8) is 0 Å². The number of likely N-dealkylation sites (tertiary alicyclic amines) is 1. The summed E-state index contributed by atoms with van der Waals surface area (Å²) in [5.74, 6) is 0.284. The average Bonchev–Trinajstić information content (AvgIpc) is 3.30. The maximum absolute atomic E-state index is 9.40. The van der Waals surface area contributed by atoms with Crippen LogP contribution in [0.5, 0.6) is 0 Å². The molecule has 1 fully saturated rings. The quantitative estimate of drug-likeness (QED) is 0.319. The van der Waals surface area contributed by atoms with Crippen molar-refractivity contribution in [1.82, 2.24) is 15.2 Å². The summed E-state index contributed by atoms with van der Waals surface area (Å²) in [6.45, 7) is 14.7. The van der Waals surface area contributed by atoms with Crippen molar-refractivity contribution in [3.05, 3.63) is 58.4 Å². The summed E-state index contributed by atoms with van der Waals surface area (Å²) in [6, 6.07) is 8.93. The number of hydrogen-bond acceptors (Lipinski definition) is 3. The molecule has 0 radical (unpaired) electrons. The molecule has 4 nitrogen and oxygen atoms in total. The molecule has 1 aliphatic carbocycles. The molecule has 0 saturated carbocycles. The molecule has 1 aliphatic heterocycles. The van der Waals surface area contributed by atoms with Crippen molar-refractivity contribution in [3.8, 4) is 6.07 Å². The van der Waals surface area contributed by atoms with Gasteiger partial charge >= 0.3 is 206 Å². The van der Waals surface area contributed by atoms with Gasteiger partial charge in [0, 0.05) is 0 Å². The van der Waals surface area contributed by atoms with Crippen LogP contribution in [0.3, 0.4) is 0 Å². The number of aromatic nitrogens is 1. The molecule has 0 amide bonds. The zero-order valence-electron chi connectivity index (χ0n) is 23.7. The zero-order chi connectivity index (χ0) is 26.6. The number of unbranched alkanes of at least 4 members (excludes halogenated alkanes) is 2. The molecule has 1 aromatic carbocycles. The van der Waals surface area contributed by atoms with Crippen LogP contribution in [0, 0.1) is 17.2 Å². The molecule has 0 bridgehead atoms. The first-order chi connectivity index (χ1) is 17.8. The molecule has 2 aliphatic rings. The van der Waals surface area contributed by atoms with E-state index in [1.807, 2.05) is 12.1 Å². The topological polar surface area (TPSA) is 54.9 Å². The number of nitrogens with zero attached hydrogens (tertiary/aromatic N) is 2. The van der Waals surface area contributed by atoms with Crippen molar-refractivity contribution < 1.29 is 0 Å². The van der Waals surface area contributed by atoms with Gasteiger partial charge in [-0.05, 0) is 0 Å². The summed E-state index contributed by atoms with van der Waals surface area (Å²) in [5.41, 5.74) is 8.18. The number of aromatic amines is 1. The summed E-state index contributed by atoms with van der Waals surface area (Å²) in [4.78, 5) is 6.27. The molecule has 2 heterocycles. The number of nitriles is 1. The summed E-state index contributed by atoms with van der Waals surface area (Å²) < 4.78 is 0. The number of H-pyrrole nitrogens is 1. The first-order valence-corrected chi connectivity index (χ1v) is 14.4. The van der Waals surface area contributed by atoms with Gasteiger partial charge in [-0.3, -0.25) is 0 Å². The van der Waals surface area contributed by atoms with Crippen molar-refractivity contribution in [2.75, 3.05) is 19.6 Å². The third-order valence-corrected chi connectivity index (χ3v) is 8.17. The van der Waals surface area contributed by atoms with E-state index in [-0.39, 0.29) is 11.3 Å². The summed E-state index contributed by atoms with van der Waals surface area (Å²) >= 11 is 0. The molecular weight excluding hydrogens is 451 g/mol. The minimum absolute atomic E-state index is 0.0496. The molecule has 2 aromatic rings. The van der Waals surface area contributed by atoms with Crippen molar-refractivity contribution in [1.29, 1.82) is 5.26 Å². The molecule has 0 spiro atoms. The number of piperidine rings is 1. The average molecular weight is 497 g/mol. The molecule has 5 heteroatoms. The Morgan fingerprint density at radius 3 is 2.59 bits per heavy atom. The molecule has 196 valence electrons. The van der Waals surface area contributed by atoms with Crippen LogP contribution in [0.15, 0.2) is 41.6 Å². The van der Waals surface area contributed by atoms with Gasteiger partial charge in [0.2, 0.25) is 0 Å². The number of allylic oxidation sites excluding steroid dienone is 3. The summed E-state index contributed by atoms with van der Waals surface area (Å²) in [7, 11) is 4.66. The fourth-order valence-electron chi connectivity index (χ4n) is 5.99.